The van der Waals surface area contributed by atoms with Crippen LogP contribution in [-0.2, 0) is 41.2 Å². The van der Waals surface area contributed by atoms with Crippen LogP contribution in [0.5, 0.6) is 0 Å². The van der Waals surface area contributed by atoms with Crippen molar-refractivity contribution in [2.75, 3.05) is 18.8 Å². The van der Waals surface area contributed by atoms with Crippen molar-refractivity contribution >= 4 is 25.6 Å². The average molecular weight is 682 g/mol. The van der Waals surface area contributed by atoms with E-state index in [-0.39, 0.29) is 35.6 Å². The second-order valence-electron chi connectivity index (χ2n) is 10.5. The van der Waals surface area contributed by atoms with Gasteiger partial charge in [-0.25, -0.2) is 21.2 Å². The molecule has 16 heteroatoms. The Morgan fingerprint density at radius 2 is 1.33 bits per heavy atom. The van der Waals surface area contributed by atoms with Gasteiger partial charge < -0.3 is 10.0 Å². The summed E-state index contributed by atoms with van der Waals surface area (Å²) < 4.78 is 144. The molecule has 0 bridgehead atoms. The molecule has 1 heterocycles. The van der Waals surface area contributed by atoms with Gasteiger partial charge in [0.05, 0.1) is 22.0 Å². The lowest BCUT2D eigenvalue weighted by molar-refractivity contribution is -0.376. The van der Waals surface area contributed by atoms with Gasteiger partial charge in [0.1, 0.15) is 10.6 Å². The van der Waals surface area contributed by atoms with Crippen LogP contribution in [0.4, 0.5) is 30.7 Å². The summed E-state index contributed by atoms with van der Waals surface area (Å²) in [6.45, 7) is 0.723. The van der Waals surface area contributed by atoms with Crippen LogP contribution >= 0.6 is 0 Å². The summed E-state index contributed by atoms with van der Waals surface area (Å²) in [7, 11) is -8.08. The average Bonchev–Trinajstić information content (AvgIpc) is 3.44. The molecule has 0 radical (unpaired) electrons. The summed E-state index contributed by atoms with van der Waals surface area (Å²) in [4.78, 5) is 14.1. The second kappa shape index (κ2) is 11.7. The Morgan fingerprint density at radius 1 is 0.822 bits per heavy atom. The lowest BCUT2D eigenvalue weighted by Gasteiger charge is -2.34. The summed E-state index contributed by atoms with van der Waals surface area (Å²) in [5.41, 5.74) is -6.70. The molecule has 244 valence electrons. The minimum atomic E-state index is -6.17. The molecule has 1 saturated heterocycles. The van der Waals surface area contributed by atoms with E-state index in [1.54, 1.807) is 0 Å². The Kier molecular flexibility index (Phi) is 8.94. The minimum Gasteiger partial charge on any atom is -0.369 e. The fourth-order valence-electron chi connectivity index (χ4n) is 5.22. The number of rotatable bonds is 8. The second-order valence-corrected chi connectivity index (χ2v) is 15.1. The highest BCUT2D eigenvalue weighted by Crippen LogP contribution is 2.51. The number of carbonyl (C=O) groups excluding carboxylic acids is 1. The van der Waals surface area contributed by atoms with Crippen LogP contribution in [-0.4, -0.2) is 63.9 Å². The third kappa shape index (κ3) is 6.06. The number of amides is 1. The largest absolute Gasteiger partial charge is 0.430 e. The lowest BCUT2D eigenvalue weighted by Crippen LogP contribution is -2.54. The Bertz CT molecular complexity index is 1760. The van der Waals surface area contributed by atoms with Crippen LogP contribution in [0, 0.1) is 5.82 Å². The lowest BCUT2D eigenvalue weighted by atomic mass is 9.89. The summed E-state index contributed by atoms with van der Waals surface area (Å²) >= 11 is 0. The Hall–Kier alpha value is -3.50. The highest BCUT2D eigenvalue weighted by atomic mass is 32.2. The van der Waals surface area contributed by atoms with E-state index in [4.69, 9.17) is 0 Å². The van der Waals surface area contributed by atoms with Crippen LogP contribution < -0.4 is 0 Å². The number of carbonyl (C=O) groups is 1. The molecule has 0 unspecified atom stereocenters. The van der Waals surface area contributed by atoms with Gasteiger partial charge in [0.2, 0.25) is 5.91 Å². The van der Waals surface area contributed by atoms with Crippen molar-refractivity contribution in [2.24, 2.45) is 0 Å². The SMILES string of the molecule is CCS(=O)(=O)c1ccc(CC(=O)N2CC[C@](c3ccc(C(O)(C(F)(F)F)C(F)(F)F)cc3)(S(=O)(=O)c3ccc(F)cc3)C2)cc1. The number of likely N-dealkylation sites (tertiary alicyclic amines) is 1. The van der Waals surface area contributed by atoms with Crippen LogP contribution in [0.25, 0.3) is 0 Å². The van der Waals surface area contributed by atoms with E-state index >= 15 is 0 Å². The first-order valence-corrected chi connectivity index (χ1v) is 16.4. The van der Waals surface area contributed by atoms with Gasteiger partial charge in [-0.3, -0.25) is 4.79 Å². The Labute approximate surface area is 254 Å². The number of alkyl halides is 6. The summed E-state index contributed by atoms with van der Waals surface area (Å²) in [5.74, 6) is -1.50. The molecule has 1 atom stereocenters. The van der Waals surface area contributed by atoms with Gasteiger partial charge in [-0.05, 0) is 53.9 Å². The number of nitrogens with zero attached hydrogens (tertiary/aromatic N) is 1. The van der Waals surface area contributed by atoms with E-state index in [1.165, 1.54) is 31.2 Å². The first-order chi connectivity index (χ1) is 20.7. The molecule has 1 fully saturated rings. The van der Waals surface area contributed by atoms with Gasteiger partial charge in [-0.1, -0.05) is 43.3 Å². The predicted octanol–water partition coefficient (Wildman–Crippen LogP) is 5.08. The monoisotopic (exact) mass is 681 g/mol. The molecule has 3 aromatic rings. The van der Waals surface area contributed by atoms with Crippen molar-refractivity contribution < 1.29 is 57.5 Å². The molecule has 0 aliphatic carbocycles. The topological polar surface area (TPSA) is 109 Å². The summed E-state index contributed by atoms with van der Waals surface area (Å²) in [6.07, 6.45) is -12.9. The number of halogens is 7. The fourth-order valence-corrected chi connectivity index (χ4v) is 8.18. The van der Waals surface area contributed by atoms with Gasteiger partial charge in [0, 0.05) is 18.7 Å². The van der Waals surface area contributed by atoms with E-state index in [0.717, 1.165) is 41.3 Å². The number of aliphatic hydroxyl groups is 1. The molecule has 0 spiro atoms. The predicted molar refractivity (Wildman–Crippen MR) is 147 cm³/mol. The van der Waals surface area contributed by atoms with Crippen LogP contribution in [0.1, 0.15) is 30.0 Å². The molecule has 1 amide bonds. The molecule has 1 aliphatic heterocycles. The van der Waals surface area contributed by atoms with Gasteiger partial charge in [-0.15, -0.1) is 0 Å². The smallest absolute Gasteiger partial charge is 0.369 e. The van der Waals surface area contributed by atoms with Crippen molar-refractivity contribution in [3.8, 4) is 0 Å². The molecule has 0 saturated carbocycles. The Morgan fingerprint density at radius 3 is 1.82 bits per heavy atom. The molecule has 4 rings (SSSR count). The molecule has 3 aromatic carbocycles. The standard InChI is InChI=1S/C29H26F7NO6S2/c1-2-44(40,41)23-11-3-19(4-12-23)17-25(38)37-16-15-26(18-37,45(42,43)24-13-9-22(30)10-14-24)20-5-7-21(8-6-20)27(39,28(31,32)33)29(34,35)36/h3-14,39H,2,15-18H2,1H3/t26-/m0/s1. The first kappa shape index (κ1) is 34.4. The third-order valence-electron chi connectivity index (χ3n) is 7.89. The molecular weight excluding hydrogens is 655 g/mol. The minimum absolute atomic E-state index is 0.0400. The number of sulfone groups is 2. The number of hydrogen-bond acceptors (Lipinski definition) is 6. The third-order valence-corrected chi connectivity index (χ3v) is 12.1. The molecule has 1 N–H and O–H groups in total. The van der Waals surface area contributed by atoms with E-state index in [0.29, 0.717) is 17.7 Å². The summed E-state index contributed by atoms with van der Waals surface area (Å²) in [5, 5.41) is 9.78. The van der Waals surface area contributed by atoms with Crippen molar-refractivity contribution in [2.45, 2.75) is 52.3 Å². The van der Waals surface area contributed by atoms with Crippen LogP contribution in [0.15, 0.2) is 82.6 Å². The number of benzene rings is 3. The zero-order valence-corrected chi connectivity index (χ0v) is 25.0. The van der Waals surface area contributed by atoms with E-state index in [1.807, 2.05) is 0 Å². The van der Waals surface area contributed by atoms with Crippen molar-refractivity contribution in [1.29, 1.82) is 0 Å². The highest BCUT2D eigenvalue weighted by Gasteiger charge is 2.71. The maximum Gasteiger partial charge on any atom is 0.430 e. The number of hydrogen-bond donors (Lipinski definition) is 1. The van der Waals surface area contributed by atoms with Gasteiger partial charge >= 0.3 is 12.4 Å². The van der Waals surface area contributed by atoms with Gasteiger partial charge in [0.25, 0.3) is 5.60 Å². The van der Waals surface area contributed by atoms with Crippen molar-refractivity contribution in [3.63, 3.8) is 0 Å². The molecule has 1 aliphatic rings. The van der Waals surface area contributed by atoms with Crippen molar-refractivity contribution in [3.05, 3.63) is 95.3 Å². The Balaban J connectivity index is 1.73. The molecule has 7 nitrogen and oxygen atoms in total. The maximum absolute atomic E-state index is 14.0. The van der Waals surface area contributed by atoms with Gasteiger partial charge in [0.15, 0.2) is 19.7 Å². The zero-order chi connectivity index (χ0) is 33.6. The van der Waals surface area contributed by atoms with Gasteiger partial charge in [-0.2, -0.15) is 26.3 Å². The van der Waals surface area contributed by atoms with E-state index in [9.17, 15) is 57.5 Å². The van der Waals surface area contributed by atoms with Crippen molar-refractivity contribution in [1.82, 2.24) is 4.90 Å². The van der Waals surface area contributed by atoms with Crippen LogP contribution in [0.3, 0.4) is 0 Å². The van der Waals surface area contributed by atoms with Crippen LogP contribution in [0.2, 0.25) is 0 Å². The highest BCUT2D eigenvalue weighted by molar-refractivity contribution is 7.92. The molecular formula is C29H26F7NO6S2. The first-order valence-electron chi connectivity index (χ1n) is 13.3. The zero-order valence-electron chi connectivity index (χ0n) is 23.4. The summed E-state index contributed by atoms with van der Waals surface area (Å²) in [6, 6.07) is 11.2. The quantitative estimate of drug-likeness (QED) is 0.263. The maximum atomic E-state index is 14.0. The van der Waals surface area contributed by atoms with E-state index < -0.39 is 71.1 Å². The molecule has 0 aromatic heterocycles. The van der Waals surface area contributed by atoms with E-state index in [2.05, 4.69) is 0 Å². The molecule has 45 heavy (non-hydrogen) atoms. The normalized spacial score (nSPS) is 18.3. The fraction of sp³-hybridized carbons (Fsp3) is 0.345.